The van der Waals surface area contributed by atoms with E-state index in [1.54, 1.807) is 6.33 Å². The number of nitrogens with one attached hydrogen (secondary N) is 3. The summed E-state index contributed by atoms with van der Waals surface area (Å²) in [5.41, 5.74) is 2.12. The minimum Gasteiger partial charge on any atom is -0.346 e. The highest BCUT2D eigenvalue weighted by Crippen LogP contribution is 2.33. The van der Waals surface area contributed by atoms with Crippen molar-refractivity contribution in [2.45, 2.75) is 44.3 Å². The first-order valence-electron chi connectivity index (χ1n) is 11.1. The van der Waals surface area contributed by atoms with Crippen molar-refractivity contribution < 1.29 is 4.79 Å². The maximum absolute atomic E-state index is 12.2. The van der Waals surface area contributed by atoms with Crippen LogP contribution in [0, 0.1) is 5.41 Å². The van der Waals surface area contributed by atoms with Gasteiger partial charge in [0.25, 0.3) is 0 Å². The van der Waals surface area contributed by atoms with Crippen LogP contribution in [0.4, 0.5) is 4.79 Å². The van der Waals surface area contributed by atoms with Gasteiger partial charge >= 0.3 is 6.03 Å². The maximum atomic E-state index is 12.2. The van der Waals surface area contributed by atoms with E-state index in [2.05, 4.69) is 30.3 Å². The summed E-state index contributed by atoms with van der Waals surface area (Å²) in [5.74, 6) is 0. The van der Waals surface area contributed by atoms with Crippen LogP contribution >= 0.6 is 0 Å². The van der Waals surface area contributed by atoms with Crippen LogP contribution in [-0.4, -0.2) is 85.0 Å². The number of aromatic nitrogens is 5. The molecule has 168 valence electrons. The van der Waals surface area contributed by atoms with E-state index >= 15 is 0 Å². The SMILES string of the molecule is CC(C)NC(=O)N1CCC(N2CC(C=N)(n3cc(-c4ncnc5[nH]ccc45)cn3)C2)CC1. The van der Waals surface area contributed by atoms with Gasteiger partial charge in [-0.15, -0.1) is 0 Å². The van der Waals surface area contributed by atoms with Crippen LogP contribution in [0.25, 0.3) is 22.3 Å². The van der Waals surface area contributed by atoms with Crippen LogP contribution in [0.5, 0.6) is 0 Å². The molecule has 2 aliphatic heterocycles. The number of carbonyl (C=O) groups excluding carboxylic acids is 1. The molecule has 0 bridgehead atoms. The molecule has 0 spiro atoms. The summed E-state index contributed by atoms with van der Waals surface area (Å²) < 4.78 is 1.90. The number of hydrogen-bond acceptors (Lipinski definition) is 6. The van der Waals surface area contributed by atoms with E-state index in [1.807, 2.05) is 48.1 Å². The normalized spacial score (nSPS) is 19.3. The summed E-state index contributed by atoms with van der Waals surface area (Å²) in [7, 11) is 0. The fraction of sp³-hybridized carbons (Fsp3) is 0.500. The molecule has 2 amide bonds. The molecule has 3 N–H and O–H groups in total. The Morgan fingerprint density at radius 1 is 1.31 bits per heavy atom. The van der Waals surface area contributed by atoms with Gasteiger partial charge in [0.1, 0.15) is 17.5 Å². The molecule has 5 heterocycles. The van der Waals surface area contributed by atoms with E-state index in [4.69, 9.17) is 5.41 Å². The van der Waals surface area contributed by atoms with Gasteiger partial charge in [0.15, 0.2) is 0 Å². The van der Waals surface area contributed by atoms with E-state index in [9.17, 15) is 4.79 Å². The number of fused-ring (bicyclic) bond motifs is 1. The number of H-pyrrole nitrogens is 1. The Hall–Kier alpha value is -3.27. The van der Waals surface area contributed by atoms with Crippen molar-refractivity contribution in [3.63, 3.8) is 0 Å². The highest BCUT2D eigenvalue weighted by Gasteiger charge is 2.47. The summed E-state index contributed by atoms with van der Waals surface area (Å²) in [6.45, 7) is 7.00. The van der Waals surface area contributed by atoms with Crippen molar-refractivity contribution in [1.29, 1.82) is 5.41 Å². The van der Waals surface area contributed by atoms with Crippen molar-refractivity contribution in [2.24, 2.45) is 0 Å². The van der Waals surface area contributed by atoms with E-state index in [0.717, 1.165) is 61.3 Å². The Kier molecular flexibility index (Phi) is 5.16. The molecule has 0 aromatic carbocycles. The summed E-state index contributed by atoms with van der Waals surface area (Å²) in [6, 6.07) is 2.58. The lowest BCUT2D eigenvalue weighted by atomic mass is 9.87. The molecule has 2 saturated heterocycles. The lowest BCUT2D eigenvalue weighted by molar-refractivity contribution is -0.00218. The largest absolute Gasteiger partial charge is 0.346 e. The van der Waals surface area contributed by atoms with Gasteiger partial charge in [0, 0.05) is 67.8 Å². The predicted octanol–water partition coefficient (Wildman–Crippen LogP) is 2.06. The van der Waals surface area contributed by atoms with Gasteiger partial charge in [0.05, 0.1) is 11.9 Å². The second kappa shape index (κ2) is 8.01. The third kappa shape index (κ3) is 3.54. The molecule has 0 unspecified atom stereocenters. The Labute approximate surface area is 186 Å². The van der Waals surface area contributed by atoms with Crippen LogP contribution in [0.3, 0.4) is 0 Å². The van der Waals surface area contributed by atoms with Crippen LogP contribution in [0.15, 0.2) is 31.0 Å². The minimum absolute atomic E-state index is 0.0289. The monoisotopic (exact) mass is 435 g/mol. The Balaban J connectivity index is 1.24. The van der Waals surface area contributed by atoms with E-state index in [0.29, 0.717) is 6.04 Å². The fourth-order valence-electron chi connectivity index (χ4n) is 4.78. The zero-order valence-corrected chi connectivity index (χ0v) is 18.5. The van der Waals surface area contributed by atoms with Crippen LogP contribution < -0.4 is 5.32 Å². The first-order valence-corrected chi connectivity index (χ1v) is 11.1. The molecular weight excluding hydrogens is 406 g/mol. The fourth-order valence-corrected chi connectivity index (χ4v) is 4.78. The molecule has 2 fully saturated rings. The first kappa shape index (κ1) is 20.6. The van der Waals surface area contributed by atoms with Crippen LogP contribution in [0.2, 0.25) is 0 Å². The van der Waals surface area contributed by atoms with E-state index in [1.165, 1.54) is 6.21 Å². The van der Waals surface area contributed by atoms with Crippen LogP contribution in [0.1, 0.15) is 26.7 Å². The summed E-state index contributed by atoms with van der Waals surface area (Å²) in [4.78, 5) is 28.4. The average Bonchev–Trinajstić information content (AvgIpc) is 3.43. The standard InChI is InChI=1S/C22H29N9O/c1-15(2)28-21(32)29-7-4-17(5-8-29)30-12-22(11-23,13-30)31-10-16(9-27-31)19-18-3-6-24-20(18)26-14-25-19/h3,6,9-11,14-15,17,23H,4-5,7-8,12-13H2,1-2H3,(H,28,32)(H,24,25,26). The third-order valence-corrected chi connectivity index (χ3v) is 6.57. The van der Waals surface area contributed by atoms with Crippen molar-refractivity contribution >= 4 is 23.3 Å². The highest BCUT2D eigenvalue weighted by molar-refractivity contribution is 5.90. The molecule has 0 saturated carbocycles. The molecule has 32 heavy (non-hydrogen) atoms. The second-order valence-corrected chi connectivity index (χ2v) is 9.11. The Morgan fingerprint density at radius 3 is 2.81 bits per heavy atom. The topological polar surface area (TPSA) is 119 Å². The zero-order valence-electron chi connectivity index (χ0n) is 18.5. The number of carbonyl (C=O) groups is 1. The van der Waals surface area contributed by atoms with E-state index < -0.39 is 5.54 Å². The first-order chi connectivity index (χ1) is 15.5. The number of piperidine rings is 1. The number of likely N-dealkylation sites (tertiary alicyclic amines) is 2. The maximum Gasteiger partial charge on any atom is 0.317 e. The quantitative estimate of drug-likeness (QED) is 0.530. The van der Waals surface area contributed by atoms with Gasteiger partial charge in [0.2, 0.25) is 0 Å². The number of rotatable bonds is 5. The molecular formula is C22H29N9O. The van der Waals surface area contributed by atoms with Gasteiger partial charge < -0.3 is 20.6 Å². The molecule has 0 aliphatic carbocycles. The smallest absolute Gasteiger partial charge is 0.317 e. The van der Waals surface area contributed by atoms with E-state index in [-0.39, 0.29) is 12.1 Å². The van der Waals surface area contributed by atoms with Crippen molar-refractivity contribution in [2.75, 3.05) is 26.2 Å². The van der Waals surface area contributed by atoms with Crippen LogP contribution in [-0.2, 0) is 5.54 Å². The summed E-state index contributed by atoms with van der Waals surface area (Å²) >= 11 is 0. The molecule has 3 aromatic heterocycles. The van der Waals surface area contributed by atoms with Gasteiger partial charge in [-0.1, -0.05) is 0 Å². The second-order valence-electron chi connectivity index (χ2n) is 9.11. The van der Waals surface area contributed by atoms with Crippen molar-refractivity contribution in [3.05, 3.63) is 31.0 Å². The highest BCUT2D eigenvalue weighted by atomic mass is 16.2. The number of urea groups is 1. The average molecular weight is 436 g/mol. The van der Waals surface area contributed by atoms with Crippen molar-refractivity contribution in [3.8, 4) is 11.3 Å². The number of nitrogens with zero attached hydrogens (tertiary/aromatic N) is 6. The zero-order chi connectivity index (χ0) is 22.3. The Bertz CT molecular complexity index is 1120. The van der Waals surface area contributed by atoms with Crippen molar-refractivity contribution in [1.82, 2.24) is 39.8 Å². The number of aromatic amines is 1. The minimum atomic E-state index is -0.436. The summed E-state index contributed by atoms with van der Waals surface area (Å²) in [6.07, 6.45) is 10.6. The van der Waals surface area contributed by atoms with Gasteiger partial charge in [-0.2, -0.15) is 5.10 Å². The molecule has 5 rings (SSSR count). The molecule has 3 aromatic rings. The number of amides is 2. The molecule has 0 radical (unpaired) electrons. The molecule has 10 nitrogen and oxygen atoms in total. The summed E-state index contributed by atoms with van der Waals surface area (Å²) in [5, 5.41) is 16.6. The Morgan fingerprint density at radius 2 is 2.09 bits per heavy atom. The molecule has 10 heteroatoms. The number of hydrogen-bond donors (Lipinski definition) is 3. The van der Waals surface area contributed by atoms with Gasteiger partial charge in [-0.05, 0) is 32.8 Å². The van der Waals surface area contributed by atoms with Gasteiger partial charge in [-0.25, -0.2) is 14.8 Å². The lowest BCUT2D eigenvalue weighted by Crippen LogP contribution is -2.67. The third-order valence-electron chi connectivity index (χ3n) is 6.57. The lowest BCUT2D eigenvalue weighted by Gasteiger charge is -2.52. The predicted molar refractivity (Wildman–Crippen MR) is 122 cm³/mol. The molecule has 0 atom stereocenters. The molecule has 2 aliphatic rings. The van der Waals surface area contributed by atoms with Gasteiger partial charge in [-0.3, -0.25) is 9.58 Å².